The van der Waals surface area contributed by atoms with Crippen LogP contribution >= 0.6 is 19.3 Å². The summed E-state index contributed by atoms with van der Waals surface area (Å²) in [5.41, 5.74) is 1.28. The Balaban J connectivity index is 1.44. The second-order valence-corrected chi connectivity index (χ2v) is 11.3. The number of hydrogen-bond acceptors (Lipinski definition) is 8. The van der Waals surface area contributed by atoms with E-state index in [0.717, 1.165) is 19.3 Å². The Labute approximate surface area is 215 Å². The number of imidazole rings is 1. The molecule has 10 nitrogen and oxygen atoms in total. The van der Waals surface area contributed by atoms with Gasteiger partial charge in [-0.15, -0.1) is 0 Å². The average Bonchev–Trinajstić information content (AvgIpc) is 3.45. The van der Waals surface area contributed by atoms with Gasteiger partial charge in [0, 0.05) is 6.04 Å². The number of aromatic nitrogens is 4. The second kappa shape index (κ2) is 11.3. The zero-order chi connectivity index (χ0) is 25.9. The molecule has 2 aromatic heterocycles. The summed E-state index contributed by atoms with van der Waals surface area (Å²) in [6.45, 7) is 7.06. The van der Waals surface area contributed by atoms with Crippen molar-refractivity contribution in [3.05, 3.63) is 47.6 Å². The van der Waals surface area contributed by atoms with Gasteiger partial charge in [0.2, 0.25) is 0 Å². The minimum atomic E-state index is -3.89. The van der Waals surface area contributed by atoms with E-state index in [9.17, 15) is 9.36 Å². The monoisotopic (exact) mass is 535 g/mol. The predicted octanol–water partition coefficient (Wildman–Crippen LogP) is 5.26. The summed E-state index contributed by atoms with van der Waals surface area (Å²) in [7, 11) is -3.89. The van der Waals surface area contributed by atoms with E-state index in [-0.39, 0.29) is 24.7 Å². The Hall–Kier alpha value is -2.52. The number of ether oxygens (including phenoxy) is 1. The summed E-state index contributed by atoms with van der Waals surface area (Å²) in [6, 6.07) is 7.99. The number of fused-ring (bicyclic) bond motifs is 1. The van der Waals surface area contributed by atoms with E-state index >= 15 is 0 Å². The SMILES string of the molecule is Cc1nc(Cl)c2ncn([C@H]3CC[C@@H](COP(=O)(N[C@@H](C)C(=O)OC(C)C)Oc4ccccc4)C3)c2n1. The van der Waals surface area contributed by atoms with Crippen molar-refractivity contribution in [2.75, 3.05) is 6.61 Å². The van der Waals surface area contributed by atoms with Crippen molar-refractivity contribution < 1.29 is 23.1 Å². The first kappa shape index (κ1) is 26.5. The number of carbonyl (C=O) groups is 1. The van der Waals surface area contributed by atoms with E-state index in [1.807, 2.05) is 10.6 Å². The highest BCUT2D eigenvalue weighted by molar-refractivity contribution is 7.52. The van der Waals surface area contributed by atoms with Gasteiger partial charge in [0.1, 0.15) is 23.1 Å². The highest BCUT2D eigenvalue weighted by Crippen LogP contribution is 2.47. The number of carbonyl (C=O) groups excluding carboxylic acids is 1. The fourth-order valence-electron chi connectivity index (χ4n) is 4.24. The highest BCUT2D eigenvalue weighted by Gasteiger charge is 2.35. The predicted molar refractivity (Wildman–Crippen MR) is 136 cm³/mol. The van der Waals surface area contributed by atoms with Crippen molar-refractivity contribution in [3.8, 4) is 5.75 Å². The minimum absolute atomic E-state index is 0.123. The van der Waals surface area contributed by atoms with E-state index in [4.69, 9.17) is 25.4 Å². The van der Waals surface area contributed by atoms with Crippen LogP contribution in [0, 0.1) is 12.8 Å². The second-order valence-electron chi connectivity index (χ2n) is 9.25. The molecule has 1 aliphatic carbocycles. The topological polar surface area (TPSA) is 117 Å². The van der Waals surface area contributed by atoms with Gasteiger partial charge >= 0.3 is 13.7 Å². The average molecular weight is 536 g/mol. The number of esters is 1. The number of para-hydroxylation sites is 1. The van der Waals surface area contributed by atoms with Gasteiger partial charge < -0.3 is 13.8 Å². The van der Waals surface area contributed by atoms with Crippen LogP contribution in [0.3, 0.4) is 0 Å². The van der Waals surface area contributed by atoms with Crippen molar-refractivity contribution >= 4 is 36.5 Å². The van der Waals surface area contributed by atoms with Crippen molar-refractivity contribution in [2.45, 2.75) is 65.1 Å². The van der Waals surface area contributed by atoms with E-state index in [2.05, 4.69) is 20.0 Å². The molecule has 12 heteroatoms. The van der Waals surface area contributed by atoms with Crippen LogP contribution in [0.2, 0.25) is 5.15 Å². The summed E-state index contributed by atoms with van der Waals surface area (Å²) in [4.78, 5) is 25.4. The minimum Gasteiger partial charge on any atom is -0.462 e. The normalized spacial score (nSPS) is 20.4. The van der Waals surface area contributed by atoms with E-state index in [0.29, 0.717) is 27.9 Å². The molecule has 1 N–H and O–H groups in total. The first-order valence-corrected chi connectivity index (χ1v) is 13.9. The summed E-state index contributed by atoms with van der Waals surface area (Å²) in [6.07, 6.45) is 3.97. The maximum absolute atomic E-state index is 13.7. The first-order chi connectivity index (χ1) is 17.1. The molecule has 0 bridgehead atoms. The molecule has 2 heterocycles. The molecule has 0 aliphatic heterocycles. The lowest BCUT2D eigenvalue weighted by molar-refractivity contribution is -0.149. The fraction of sp³-hybridized carbons (Fsp3) is 0.500. The molecular formula is C24H31ClN5O5P. The molecule has 1 aliphatic rings. The number of aryl methyl sites for hydroxylation is 1. The molecule has 36 heavy (non-hydrogen) atoms. The van der Waals surface area contributed by atoms with E-state index in [1.54, 1.807) is 58.3 Å². The Morgan fingerprint density at radius 1 is 1.22 bits per heavy atom. The number of hydrogen-bond donors (Lipinski definition) is 1. The molecule has 0 spiro atoms. The van der Waals surface area contributed by atoms with Crippen LogP contribution in [-0.2, 0) is 18.6 Å². The zero-order valence-corrected chi connectivity index (χ0v) is 22.4. The highest BCUT2D eigenvalue weighted by atomic mass is 35.5. The smallest absolute Gasteiger partial charge is 0.459 e. The Morgan fingerprint density at radius 3 is 2.69 bits per heavy atom. The molecule has 1 saturated carbocycles. The molecule has 1 unspecified atom stereocenters. The van der Waals surface area contributed by atoms with Crippen LogP contribution < -0.4 is 9.61 Å². The molecule has 1 aromatic carbocycles. The van der Waals surface area contributed by atoms with E-state index in [1.165, 1.54) is 0 Å². The molecule has 194 valence electrons. The molecular weight excluding hydrogens is 505 g/mol. The number of nitrogens with one attached hydrogen (secondary N) is 1. The van der Waals surface area contributed by atoms with Crippen LogP contribution in [0.25, 0.3) is 11.2 Å². The Morgan fingerprint density at radius 2 is 1.97 bits per heavy atom. The summed E-state index contributed by atoms with van der Waals surface area (Å²) < 4.78 is 32.6. The molecule has 1 fully saturated rings. The van der Waals surface area contributed by atoms with Crippen molar-refractivity contribution in [1.82, 2.24) is 24.6 Å². The lowest BCUT2D eigenvalue weighted by atomic mass is 10.1. The molecule has 4 rings (SSSR count). The maximum Gasteiger partial charge on any atom is 0.459 e. The largest absolute Gasteiger partial charge is 0.462 e. The number of nitrogens with zero attached hydrogens (tertiary/aromatic N) is 4. The standard InChI is InChI=1S/C24H31ClN5O5P/c1-15(2)34-24(31)16(3)29-36(32,35-20-8-6-5-7-9-20)33-13-18-10-11-19(12-18)30-14-26-21-22(25)27-17(4)28-23(21)30/h5-9,14-16,18-19H,10-13H2,1-4H3,(H,29,32)/t16-,18+,19-,36?/m0/s1. The van der Waals surface area contributed by atoms with Crippen molar-refractivity contribution in [2.24, 2.45) is 5.92 Å². The molecule has 0 radical (unpaired) electrons. The lowest BCUT2D eigenvalue weighted by Crippen LogP contribution is -2.36. The van der Waals surface area contributed by atoms with Crippen LogP contribution in [0.15, 0.2) is 36.7 Å². The number of benzene rings is 1. The van der Waals surface area contributed by atoms with Gasteiger partial charge in [-0.1, -0.05) is 29.8 Å². The molecule has 4 atom stereocenters. The van der Waals surface area contributed by atoms with Crippen LogP contribution in [0.4, 0.5) is 0 Å². The Kier molecular flexibility index (Phi) is 8.30. The summed E-state index contributed by atoms with van der Waals surface area (Å²) in [5.74, 6) is 0.550. The summed E-state index contributed by atoms with van der Waals surface area (Å²) in [5, 5.41) is 3.07. The van der Waals surface area contributed by atoms with Gasteiger partial charge in [0.15, 0.2) is 10.8 Å². The summed E-state index contributed by atoms with van der Waals surface area (Å²) >= 11 is 6.24. The van der Waals surface area contributed by atoms with Gasteiger partial charge in [-0.3, -0.25) is 9.32 Å². The van der Waals surface area contributed by atoms with Gasteiger partial charge in [0.25, 0.3) is 0 Å². The Bertz CT molecular complexity index is 1250. The van der Waals surface area contributed by atoms with Crippen molar-refractivity contribution in [1.29, 1.82) is 0 Å². The van der Waals surface area contributed by atoms with Gasteiger partial charge in [-0.25, -0.2) is 19.5 Å². The molecule has 3 aromatic rings. The maximum atomic E-state index is 13.7. The van der Waals surface area contributed by atoms with Crippen molar-refractivity contribution in [3.63, 3.8) is 0 Å². The van der Waals surface area contributed by atoms with Gasteiger partial charge in [-0.05, 0) is 65.0 Å². The third kappa shape index (κ3) is 6.42. The van der Waals surface area contributed by atoms with E-state index < -0.39 is 19.8 Å². The molecule has 0 saturated heterocycles. The van der Waals surface area contributed by atoms with Crippen LogP contribution in [-0.4, -0.2) is 44.2 Å². The first-order valence-electron chi connectivity index (χ1n) is 12.0. The number of rotatable bonds is 10. The van der Waals surface area contributed by atoms with Crippen LogP contribution in [0.1, 0.15) is 51.9 Å². The third-order valence-corrected chi connectivity index (χ3v) is 7.81. The fourth-order valence-corrected chi connectivity index (χ4v) is 6.06. The van der Waals surface area contributed by atoms with Gasteiger partial charge in [0.05, 0.1) is 19.0 Å². The third-order valence-electron chi connectivity index (χ3n) is 5.90. The van der Waals surface area contributed by atoms with Gasteiger partial charge in [-0.2, -0.15) is 5.09 Å². The molecule has 0 amide bonds. The number of halogens is 1. The lowest BCUT2D eigenvalue weighted by Gasteiger charge is -2.24. The zero-order valence-electron chi connectivity index (χ0n) is 20.8. The quantitative estimate of drug-likeness (QED) is 0.210. The van der Waals surface area contributed by atoms with Crippen LogP contribution in [0.5, 0.6) is 5.75 Å².